The van der Waals surface area contributed by atoms with Gasteiger partial charge in [-0.1, -0.05) is 18.2 Å². The Kier molecular flexibility index (Phi) is 7.22. The minimum absolute atomic E-state index is 0.319. The van der Waals surface area contributed by atoms with Crippen LogP contribution < -0.4 is 15.4 Å². The van der Waals surface area contributed by atoms with Crippen LogP contribution in [0.15, 0.2) is 78.9 Å². The molecule has 3 aromatic rings. The van der Waals surface area contributed by atoms with Gasteiger partial charge < -0.3 is 20.1 Å². The minimum atomic E-state index is -0.996. The van der Waals surface area contributed by atoms with Crippen LogP contribution in [-0.4, -0.2) is 24.6 Å². The van der Waals surface area contributed by atoms with Gasteiger partial charge in [-0.25, -0.2) is 4.79 Å². The van der Waals surface area contributed by atoms with Gasteiger partial charge in [0.2, 0.25) is 0 Å². The van der Waals surface area contributed by atoms with E-state index in [4.69, 9.17) is 14.7 Å². The molecule has 0 heterocycles. The third-order valence-electron chi connectivity index (χ3n) is 4.23. The lowest BCUT2D eigenvalue weighted by Gasteiger charge is -2.14. The number of hydrogen-bond acceptors (Lipinski definition) is 6. The number of carbonyl (C=O) groups is 2. The number of nitrogens with zero attached hydrogens (tertiary/aromatic N) is 1. The van der Waals surface area contributed by atoms with Gasteiger partial charge in [-0.15, -0.1) is 0 Å². The Balaban J connectivity index is 1.43. The Hall–Kier alpha value is -4.31. The Morgan fingerprint density at radius 1 is 0.903 bits per heavy atom. The van der Waals surface area contributed by atoms with Crippen molar-refractivity contribution in [2.24, 2.45) is 0 Å². The summed E-state index contributed by atoms with van der Waals surface area (Å²) >= 11 is 0. The molecule has 0 radical (unpaired) electrons. The Labute approximate surface area is 180 Å². The molecular formula is C24H21N3O4. The first kappa shape index (κ1) is 21.4. The van der Waals surface area contributed by atoms with Crippen LogP contribution in [0.3, 0.4) is 0 Å². The number of anilines is 3. The summed E-state index contributed by atoms with van der Waals surface area (Å²) in [7, 11) is 0. The molecule has 0 aliphatic rings. The van der Waals surface area contributed by atoms with E-state index in [1.165, 1.54) is 6.92 Å². The number of benzene rings is 3. The molecule has 7 nitrogen and oxygen atoms in total. The van der Waals surface area contributed by atoms with E-state index in [1.807, 2.05) is 48.5 Å². The molecule has 1 atom stereocenters. The predicted molar refractivity (Wildman–Crippen MR) is 117 cm³/mol. The monoisotopic (exact) mass is 415 g/mol. The SMILES string of the molecule is C[C@H](OC(=O)COc1ccc(Nc2ccccc2)cc1)C(=O)Nc1ccc(C#N)cc1. The topological polar surface area (TPSA) is 100 Å². The Bertz CT molecular complexity index is 1060. The summed E-state index contributed by atoms with van der Waals surface area (Å²) in [6.45, 7) is 1.15. The van der Waals surface area contributed by atoms with Crippen LogP contribution in [0.1, 0.15) is 12.5 Å². The molecule has 0 saturated carbocycles. The molecule has 3 aromatic carbocycles. The number of para-hydroxylation sites is 1. The van der Waals surface area contributed by atoms with Crippen LogP contribution in [0.25, 0.3) is 0 Å². The molecule has 7 heteroatoms. The molecule has 0 spiro atoms. The van der Waals surface area contributed by atoms with Gasteiger partial charge in [0.05, 0.1) is 11.6 Å². The van der Waals surface area contributed by atoms with Crippen molar-refractivity contribution < 1.29 is 19.1 Å². The number of nitriles is 1. The summed E-state index contributed by atoms with van der Waals surface area (Å²) in [5.41, 5.74) is 2.84. The highest BCUT2D eigenvalue weighted by molar-refractivity contribution is 5.95. The summed E-state index contributed by atoms with van der Waals surface area (Å²) in [5.74, 6) is -0.631. The number of nitrogens with one attached hydrogen (secondary N) is 2. The van der Waals surface area contributed by atoms with Gasteiger partial charge in [-0.3, -0.25) is 4.79 Å². The summed E-state index contributed by atoms with van der Waals surface area (Å²) in [5, 5.41) is 14.7. The van der Waals surface area contributed by atoms with Gasteiger partial charge in [0.15, 0.2) is 12.7 Å². The number of ether oxygens (including phenoxy) is 2. The summed E-state index contributed by atoms with van der Waals surface area (Å²) < 4.78 is 10.5. The van der Waals surface area contributed by atoms with E-state index in [-0.39, 0.29) is 6.61 Å². The van der Waals surface area contributed by atoms with Crippen LogP contribution in [0.4, 0.5) is 17.1 Å². The molecule has 1 amide bonds. The number of carbonyl (C=O) groups excluding carboxylic acids is 2. The Morgan fingerprint density at radius 2 is 1.52 bits per heavy atom. The van der Waals surface area contributed by atoms with E-state index in [0.717, 1.165) is 11.4 Å². The molecule has 0 fully saturated rings. The van der Waals surface area contributed by atoms with Gasteiger partial charge in [0.25, 0.3) is 5.91 Å². The molecule has 0 saturated heterocycles. The highest BCUT2D eigenvalue weighted by Gasteiger charge is 2.18. The molecule has 0 aromatic heterocycles. The zero-order valence-electron chi connectivity index (χ0n) is 16.9. The molecule has 2 N–H and O–H groups in total. The van der Waals surface area contributed by atoms with E-state index in [0.29, 0.717) is 17.0 Å². The molecule has 0 aliphatic carbocycles. The van der Waals surface area contributed by atoms with E-state index in [2.05, 4.69) is 10.6 Å². The van der Waals surface area contributed by atoms with E-state index in [9.17, 15) is 9.59 Å². The fourth-order valence-electron chi connectivity index (χ4n) is 2.62. The lowest BCUT2D eigenvalue weighted by atomic mass is 10.2. The first-order chi connectivity index (χ1) is 15.0. The number of hydrogen-bond donors (Lipinski definition) is 2. The largest absolute Gasteiger partial charge is 0.482 e. The highest BCUT2D eigenvalue weighted by Crippen LogP contribution is 2.20. The molecule has 3 rings (SSSR count). The van der Waals surface area contributed by atoms with Gasteiger partial charge in [-0.05, 0) is 67.6 Å². The maximum atomic E-state index is 12.2. The van der Waals surface area contributed by atoms with Crippen molar-refractivity contribution in [3.8, 4) is 11.8 Å². The average Bonchev–Trinajstić information content (AvgIpc) is 2.80. The predicted octanol–water partition coefficient (Wildman–Crippen LogP) is 4.25. The zero-order valence-corrected chi connectivity index (χ0v) is 16.9. The molecular weight excluding hydrogens is 394 g/mol. The average molecular weight is 415 g/mol. The van der Waals surface area contributed by atoms with Crippen molar-refractivity contribution in [3.05, 3.63) is 84.4 Å². The lowest BCUT2D eigenvalue weighted by Crippen LogP contribution is -2.31. The highest BCUT2D eigenvalue weighted by atomic mass is 16.6. The molecule has 0 aliphatic heterocycles. The van der Waals surface area contributed by atoms with E-state index < -0.39 is 18.0 Å². The Morgan fingerprint density at radius 3 is 2.16 bits per heavy atom. The van der Waals surface area contributed by atoms with Crippen molar-refractivity contribution in [2.45, 2.75) is 13.0 Å². The third-order valence-corrected chi connectivity index (χ3v) is 4.23. The van der Waals surface area contributed by atoms with Crippen molar-refractivity contribution in [2.75, 3.05) is 17.2 Å². The van der Waals surface area contributed by atoms with Crippen LogP contribution >= 0.6 is 0 Å². The van der Waals surface area contributed by atoms with Crippen LogP contribution in [0.5, 0.6) is 5.75 Å². The van der Waals surface area contributed by atoms with Crippen molar-refractivity contribution in [1.29, 1.82) is 5.26 Å². The first-order valence-corrected chi connectivity index (χ1v) is 9.59. The van der Waals surface area contributed by atoms with Crippen LogP contribution in [-0.2, 0) is 14.3 Å². The van der Waals surface area contributed by atoms with Crippen LogP contribution in [0.2, 0.25) is 0 Å². The normalized spacial score (nSPS) is 11.0. The lowest BCUT2D eigenvalue weighted by molar-refractivity contribution is -0.155. The standard InChI is InChI=1S/C24H21N3O4/c1-17(24(29)27-21-9-7-18(15-25)8-10-21)31-23(28)16-30-22-13-11-20(12-14-22)26-19-5-3-2-4-6-19/h2-14,17,26H,16H2,1H3,(H,27,29)/t17-/m0/s1. The minimum Gasteiger partial charge on any atom is -0.482 e. The van der Waals surface area contributed by atoms with Gasteiger partial charge >= 0.3 is 5.97 Å². The maximum absolute atomic E-state index is 12.2. The van der Waals surface area contributed by atoms with Gasteiger partial charge in [-0.2, -0.15) is 5.26 Å². The molecule has 156 valence electrons. The second-order valence-electron chi connectivity index (χ2n) is 6.61. The number of rotatable bonds is 8. The van der Waals surface area contributed by atoms with Crippen molar-refractivity contribution >= 4 is 28.9 Å². The maximum Gasteiger partial charge on any atom is 0.344 e. The smallest absolute Gasteiger partial charge is 0.344 e. The summed E-state index contributed by atoms with van der Waals surface area (Å²) in [6, 6.07) is 25.3. The van der Waals surface area contributed by atoms with Crippen LogP contribution in [0, 0.1) is 11.3 Å². The number of amides is 1. The van der Waals surface area contributed by atoms with Gasteiger partial charge in [0, 0.05) is 17.1 Å². The van der Waals surface area contributed by atoms with Gasteiger partial charge in [0.1, 0.15) is 5.75 Å². The molecule has 31 heavy (non-hydrogen) atoms. The summed E-state index contributed by atoms with van der Waals surface area (Å²) in [4.78, 5) is 24.2. The zero-order chi connectivity index (χ0) is 22.1. The fraction of sp³-hybridized carbons (Fsp3) is 0.125. The summed E-state index contributed by atoms with van der Waals surface area (Å²) in [6.07, 6.45) is -0.996. The van der Waals surface area contributed by atoms with Crippen molar-refractivity contribution in [3.63, 3.8) is 0 Å². The second kappa shape index (κ2) is 10.5. The quantitative estimate of drug-likeness (QED) is 0.534. The van der Waals surface area contributed by atoms with E-state index >= 15 is 0 Å². The molecule has 0 unspecified atom stereocenters. The third kappa shape index (κ3) is 6.61. The first-order valence-electron chi connectivity index (χ1n) is 9.59. The van der Waals surface area contributed by atoms with E-state index in [1.54, 1.807) is 36.4 Å². The fourth-order valence-corrected chi connectivity index (χ4v) is 2.62. The number of esters is 1. The second-order valence-corrected chi connectivity index (χ2v) is 6.61. The van der Waals surface area contributed by atoms with Crippen molar-refractivity contribution in [1.82, 2.24) is 0 Å². The molecule has 0 bridgehead atoms.